The van der Waals surface area contributed by atoms with Gasteiger partial charge in [-0.25, -0.2) is 15.0 Å². The summed E-state index contributed by atoms with van der Waals surface area (Å²) in [6, 6.07) is 63.5. The fraction of sp³-hybridized carbons (Fsp3) is 0. The summed E-state index contributed by atoms with van der Waals surface area (Å²) < 4.78 is 2.37. The summed E-state index contributed by atoms with van der Waals surface area (Å²) in [4.78, 5) is 14.8. The van der Waals surface area contributed by atoms with Crippen LogP contribution in [0.4, 0.5) is 0 Å². The normalized spacial score (nSPS) is 11.3. The molecule has 0 amide bonds. The maximum atomic E-state index is 4.95. The van der Waals surface area contributed by atoms with E-state index in [9.17, 15) is 0 Å². The van der Waals surface area contributed by atoms with E-state index in [1.54, 1.807) is 0 Å². The molecule has 0 atom stereocenters. The summed E-state index contributed by atoms with van der Waals surface area (Å²) in [5.74, 6) is 1.94. The topological polar surface area (TPSA) is 43.6 Å². The molecule has 0 N–H and O–H groups in total. The predicted molar refractivity (Wildman–Crippen MR) is 201 cm³/mol. The van der Waals surface area contributed by atoms with Crippen LogP contribution in [0.5, 0.6) is 0 Å². The van der Waals surface area contributed by atoms with Crippen LogP contribution in [0.1, 0.15) is 0 Å². The minimum absolute atomic E-state index is 0.641. The number of hydrogen-bond donors (Lipinski definition) is 0. The quantitative estimate of drug-likeness (QED) is 0.184. The third-order valence-corrected chi connectivity index (χ3v) is 9.06. The Morgan fingerprint density at radius 3 is 1.29 bits per heavy atom. The molecule has 0 fully saturated rings. The summed E-state index contributed by atoms with van der Waals surface area (Å²) in [5.41, 5.74) is 11.0. The Bertz CT molecular complexity index is 2500. The number of aromatic nitrogens is 4. The van der Waals surface area contributed by atoms with Crippen molar-refractivity contribution < 1.29 is 0 Å². The second-order valence-corrected chi connectivity index (χ2v) is 12.1. The van der Waals surface area contributed by atoms with Gasteiger partial charge in [0.2, 0.25) is 0 Å². The van der Waals surface area contributed by atoms with E-state index >= 15 is 0 Å². The van der Waals surface area contributed by atoms with Gasteiger partial charge in [0.1, 0.15) is 0 Å². The van der Waals surface area contributed by atoms with Crippen molar-refractivity contribution in [2.24, 2.45) is 0 Å². The van der Waals surface area contributed by atoms with Crippen LogP contribution >= 0.6 is 0 Å². The van der Waals surface area contributed by atoms with Crippen LogP contribution in [0.2, 0.25) is 0 Å². The first-order chi connectivity index (χ1) is 24.3. The van der Waals surface area contributed by atoms with Gasteiger partial charge in [-0.1, -0.05) is 152 Å². The lowest BCUT2D eigenvalue weighted by atomic mass is 9.92. The van der Waals surface area contributed by atoms with E-state index < -0.39 is 0 Å². The van der Waals surface area contributed by atoms with Gasteiger partial charge in [0.15, 0.2) is 17.5 Å². The first-order valence-corrected chi connectivity index (χ1v) is 16.5. The number of fused-ring (bicyclic) bond motifs is 3. The average molecular weight is 627 g/mol. The van der Waals surface area contributed by atoms with Crippen molar-refractivity contribution in [2.75, 3.05) is 0 Å². The molecular weight excluding hydrogens is 597 g/mol. The van der Waals surface area contributed by atoms with Crippen LogP contribution in [-0.2, 0) is 0 Å². The van der Waals surface area contributed by atoms with E-state index in [-0.39, 0.29) is 0 Å². The number of nitrogens with zero attached hydrogens (tertiary/aromatic N) is 4. The molecule has 0 aliphatic rings. The molecule has 0 bridgehead atoms. The molecule has 230 valence electrons. The smallest absolute Gasteiger partial charge is 0.164 e. The van der Waals surface area contributed by atoms with Gasteiger partial charge in [0.25, 0.3) is 0 Å². The van der Waals surface area contributed by atoms with Crippen LogP contribution in [0.25, 0.3) is 83.9 Å². The van der Waals surface area contributed by atoms with Crippen LogP contribution in [0.15, 0.2) is 182 Å². The molecule has 9 aromatic rings. The Labute approximate surface area is 284 Å². The number of hydrogen-bond acceptors (Lipinski definition) is 3. The van der Waals surface area contributed by atoms with Gasteiger partial charge in [-0.2, -0.15) is 0 Å². The van der Waals surface area contributed by atoms with Gasteiger partial charge >= 0.3 is 0 Å². The molecule has 2 heterocycles. The molecule has 0 radical (unpaired) electrons. The van der Waals surface area contributed by atoms with E-state index in [1.807, 2.05) is 60.7 Å². The molecule has 0 saturated heterocycles. The largest absolute Gasteiger partial charge is 0.309 e. The lowest BCUT2D eigenvalue weighted by molar-refractivity contribution is 1.07. The first-order valence-electron chi connectivity index (χ1n) is 16.5. The molecule has 7 aromatic carbocycles. The second-order valence-electron chi connectivity index (χ2n) is 12.1. The van der Waals surface area contributed by atoms with Gasteiger partial charge in [-0.3, -0.25) is 0 Å². The van der Waals surface area contributed by atoms with Gasteiger partial charge in [-0.15, -0.1) is 0 Å². The monoisotopic (exact) mass is 626 g/mol. The second kappa shape index (κ2) is 12.2. The molecule has 0 aliphatic heterocycles. The van der Waals surface area contributed by atoms with Crippen LogP contribution in [0, 0.1) is 0 Å². The lowest BCUT2D eigenvalue weighted by Gasteiger charge is -2.14. The van der Waals surface area contributed by atoms with Crippen molar-refractivity contribution in [1.82, 2.24) is 19.5 Å². The summed E-state index contributed by atoms with van der Waals surface area (Å²) in [6.07, 6.45) is 0. The molecule has 9 rings (SSSR count). The highest BCUT2D eigenvalue weighted by atomic mass is 15.0. The van der Waals surface area contributed by atoms with E-state index in [0.717, 1.165) is 33.5 Å². The summed E-state index contributed by atoms with van der Waals surface area (Å²) in [5, 5.41) is 2.46. The summed E-state index contributed by atoms with van der Waals surface area (Å²) in [6.45, 7) is 0. The molecule has 0 spiro atoms. The average Bonchev–Trinajstić information content (AvgIpc) is 3.52. The number of rotatable bonds is 6. The van der Waals surface area contributed by atoms with Crippen molar-refractivity contribution in [2.45, 2.75) is 0 Å². The fourth-order valence-corrected chi connectivity index (χ4v) is 6.70. The molecule has 0 aliphatic carbocycles. The van der Waals surface area contributed by atoms with E-state index in [0.29, 0.717) is 17.5 Å². The van der Waals surface area contributed by atoms with Gasteiger partial charge in [0, 0.05) is 33.2 Å². The zero-order chi connectivity index (χ0) is 32.6. The highest BCUT2D eigenvalue weighted by Crippen LogP contribution is 2.41. The number of para-hydroxylation sites is 2. The van der Waals surface area contributed by atoms with Gasteiger partial charge in [-0.05, 0) is 52.6 Å². The molecule has 0 saturated carbocycles. The third kappa shape index (κ3) is 5.26. The van der Waals surface area contributed by atoms with Crippen molar-refractivity contribution in [1.29, 1.82) is 0 Å². The Hall–Kier alpha value is -6.65. The van der Waals surface area contributed by atoms with E-state index in [2.05, 4.69) is 126 Å². The van der Waals surface area contributed by atoms with Crippen molar-refractivity contribution in [3.63, 3.8) is 0 Å². The Morgan fingerprint density at radius 1 is 0.306 bits per heavy atom. The van der Waals surface area contributed by atoms with Crippen molar-refractivity contribution in [3.8, 4) is 62.1 Å². The first kappa shape index (κ1) is 28.6. The molecule has 4 heteroatoms. The molecule has 2 aromatic heterocycles. The minimum Gasteiger partial charge on any atom is -0.309 e. The Morgan fingerprint density at radius 2 is 0.714 bits per heavy atom. The van der Waals surface area contributed by atoms with Crippen molar-refractivity contribution in [3.05, 3.63) is 182 Å². The zero-order valence-corrected chi connectivity index (χ0v) is 26.6. The van der Waals surface area contributed by atoms with E-state index in [4.69, 9.17) is 15.0 Å². The maximum absolute atomic E-state index is 4.95. The highest BCUT2D eigenvalue weighted by Gasteiger charge is 2.18. The fourth-order valence-electron chi connectivity index (χ4n) is 6.70. The van der Waals surface area contributed by atoms with Crippen LogP contribution in [0.3, 0.4) is 0 Å². The molecule has 4 nitrogen and oxygen atoms in total. The Balaban J connectivity index is 1.22. The number of benzene rings is 7. The maximum Gasteiger partial charge on any atom is 0.164 e. The van der Waals surface area contributed by atoms with Gasteiger partial charge in [0.05, 0.1) is 11.0 Å². The predicted octanol–water partition coefficient (Wildman–Crippen LogP) is 11.3. The van der Waals surface area contributed by atoms with Crippen LogP contribution < -0.4 is 0 Å². The standard InChI is InChI=1S/C45H30N4/c1-5-15-31(16-6-1)38-29-40-37-23-13-14-24-41(37)49(36-21-11-4-12-22-36)42(40)30-39(38)32-25-27-35(28-26-32)45-47-43(33-17-7-2-8-18-33)46-44(48-45)34-19-9-3-10-20-34/h1-30H. The zero-order valence-electron chi connectivity index (χ0n) is 26.6. The van der Waals surface area contributed by atoms with Crippen molar-refractivity contribution >= 4 is 21.8 Å². The molecular formula is C45H30N4. The van der Waals surface area contributed by atoms with Gasteiger partial charge < -0.3 is 4.57 Å². The highest BCUT2D eigenvalue weighted by molar-refractivity contribution is 6.12. The minimum atomic E-state index is 0.641. The van der Waals surface area contributed by atoms with E-state index in [1.165, 1.54) is 32.9 Å². The molecule has 49 heavy (non-hydrogen) atoms. The third-order valence-electron chi connectivity index (χ3n) is 9.06. The molecule has 0 unspecified atom stereocenters. The summed E-state index contributed by atoms with van der Waals surface area (Å²) in [7, 11) is 0. The summed E-state index contributed by atoms with van der Waals surface area (Å²) >= 11 is 0. The SMILES string of the molecule is c1ccc(-c2nc(-c3ccccc3)nc(-c3ccc(-c4cc5c(cc4-c4ccccc4)c4ccccc4n5-c4ccccc4)cc3)n2)cc1. The Kier molecular flexibility index (Phi) is 7.10. The lowest BCUT2D eigenvalue weighted by Crippen LogP contribution is -2.00. The van der Waals surface area contributed by atoms with Crippen LogP contribution in [-0.4, -0.2) is 19.5 Å².